The topological polar surface area (TPSA) is 61.8 Å². The molecule has 1 rings (SSSR count). The van der Waals surface area contributed by atoms with Gasteiger partial charge in [0.05, 0.1) is 18.7 Å². The normalized spacial score (nSPS) is 11.2. The van der Waals surface area contributed by atoms with Crippen LogP contribution in [0.25, 0.3) is 0 Å². The molecule has 0 fully saturated rings. The van der Waals surface area contributed by atoms with Gasteiger partial charge in [-0.3, -0.25) is 9.59 Å². The SMILES string of the molecule is CCCCCCCCCCOC(=O)C(CC)(CC)C(=O)Oc1ccc(OC)cc1Cl. The van der Waals surface area contributed by atoms with E-state index >= 15 is 0 Å². The second kappa shape index (κ2) is 14.3. The highest BCUT2D eigenvalue weighted by Gasteiger charge is 2.46. The van der Waals surface area contributed by atoms with Crippen LogP contribution in [0.5, 0.6) is 11.5 Å². The number of esters is 2. The van der Waals surface area contributed by atoms with E-state index < -0.39 is 17.4 Å². The summed E-state index contributed by atoms with van der Waals surface area (Å²) in [6.45, 7) is 6.12. The van der Waals surface area contributed by atoms with Crippen molar-refractivity contribution in [2.75, 3.05) is 13.7 Å². The van der Waals surface area contributed by atoms with Crippen molar-refractivity contribution in [3.63, 3.8) is 0 Å². The highest BCUT2D eigenvalue weighted by atomic mass is 35.5. The van der Waals surface area contributed by atoms with Crippen molar-refractivity contribution in [1.29, 1.82) is 0 Å². The summed E-state index contributed by atoms with van der Waals surface area (Å²) >= 11 is 6.17. The van der Waals surface area contributed by atoms with Crippen LogP contribution in [0.2, 0.25) is 5.02 Å². The molecular formula is C24H37ClO5. The standard InChI is InChI=1S/C24H37ClO5/c1-5-8-9-10-11-12-13-14-17-29-22(26)24(6-2,7-3)23(27)30-21-16-15-19(28-4)18-20(21)25/h15-16,18H,5-14,17H2,1-4H3. The summed E-state index contributed by atoms with van der Waals surface area (Å²) in [5.74, 6) is -0.406. The molecule has 170 valence electrons. The second-order valence-corrected chi connectivity index (χ2v) is 7.99. The van der Waals surface area contributed by atoms with E-state index in [0.29, 0.717) is 25.2 Å². The van der Waals surface area contributed by atoms with Crippen molar-refractivity contribution < 1.29 is 23.8 Å². The number of unbranched alkanes of at least 4 members (excludes halogenated alkanes) is 7. The fourth-order valence-electron chi connectivity index (χ4n) is 3.34. The molecule has 0 spiro atoms. The summed E-state index contributed by atoms with van der Waals surface area (Å²) in [6.07, 6.45) is 9.90. The maximum atomic E-state index is 12.9. The van der Waals surface area contributed by atoms with Gasteiger partial charge in [-0.15, -0.1) is 0 Å². The van der Waals surface area contributed by atoms with E-state index in [0.717, 1.165) is 19.3 Å². The van der Waals surface area contributed by atoms with E-state index in [2.05, 4.69) is 6.92 Å². The largest absolute Gasteiger partial charge is 0.497 e. The molecule has 0 unspecified atom stereocenters. The third-order valence-corrected chi connectivity index (χ3v) is 5.86. The zero-order chi connectivity index (χ0) is 22.4. The second-order valence-electron chi connectivity index (χ2n) is 7.59. The van der Waals surface area contributed by atoms with Gasteiger partial charge in [0.1, 0.15) is 11.5 Å². The summed E-state index contributed by atoms with van der Waals surface area (Å²) in [5.41, 5.74) is -1.33. The molecule has 0 aliphatic rings. The smallest absolute Gasteiger partial charge is 0.328 e. The van der Waals surface area contributed by atoms with Crippen LogP contribution < -0.4 is 9.47 Å². The lowest BCUT2D eigenvalue weighted by Crippen LogP contribution is -2.42. The molecule has 0 aliphatic carbocycles. The highest BCUT2D eigenvalue weighted by molar-refractivity contribution is 6.32. The van der Waals surface area contributed by atoms with Gasteiger partial charge in [-0.1, -0.05) is 77.3 Å². The van der Waals surface area contributed by atoms with Crippen molar-refractivity contribution >= 4 is 23.5 Å². The Bertz CT molecular complexity index is 655. The van der Waals surface area contributed by atoms with Gasteiger partial charge in [-0.05, 0) is 31.4 Å². The molecule has 6 heteroatoms. The van der Waals surface area contributed by atoms with Gasteiger partial charge in [-0.2, -0.15) is 0 Å². The molecule has 0 aromatic heterocycles. The number of carbonyl (C=O) groups is 2. The van der Waals surface area contributed by atoms with Crippen LogP contribution in [0.1, 0.15) is 85.0 Å². The molecule has 0 aliphatic heterocycles. The Hall–Kier alpha value is -1.75. The van der Waals surface area contributed by atoms with Crippen LogP contribution in [0, 0.1) is 5.41 Å². The number of hydrogen-bond acceptors (Lipinski definition) is 5. The maximum absolute atomic E-state index is 12.9. The Balaban J connectivity index is 2.56. The number of rotatable bonds is 15. The number of hydrogen-bond donors (Lipinski definition) is 0. The molecule has 30 heavy (non-hydrogen) atoms. The lowest BCUT2D eigenvalue weighted by molar-refractivity contribution is -0.168. The van der Waals surface area contributed by atoms with Gasteiger partial charge >= 0.3 is 11.9 Å². The van der Waals surface area contributed by atoms with Crippen LogP contribution in [0.15, 0.2) is 18.2 Å². The molecule has 0 saturated carbocycles. The molecule has 0 radical (unpaired) electrons. The van der Waals surface area contributed by atoms with Crippen molar-refractivity contribution in [3.8, 4) is 11.5 Å². The number of methoxy groups -OCH3 is 1. The summed E-state index contributed by atoms with van der Waals surface area (Å²) in [4.78, 5) is 25.7. The van der Waals surface area contributed by atoms with Gasteiger partial charge in [0.15, 0.2) is 5.41 Å². The Morgan fingerprint density at radius 3 is 2.03 bits per heavy atom. The summed E-state index contributed by atoms with van der Waals surface area (Å²) in [6, 6.07) is 4.76. The fraction of sp³-hybridized carbons (Fsp3) is 0.667. The van der Waals surface area contributed by atoms with Gasteiger partial charge in [0.2, 0.25) is 0 Å². The monoisotopic (exact) mass is 440 g/mol. The third kappa shape index (κ3) is 7.82. The molecule has 0 bridgehead atoms. The number of halogens is 1. The lowest BCUT2D eigenvalue weighted by atomic mass is 9.82. The Morgan fingerprint density at radius 1 is 0.900 bits per heavy atom. The zero-order valence-corrected chi connectivity index (χ0v) is 19.7. The van der Waals surface area contributed by atoms with Gasteiger partial charge in [0.25, 0.3) is 0 Å². The molecule has 0 atom stereocenters. The first kappa shape index (κ1) is 26.3. The number of ether oxygens (including phenoxy) is 3. The van der Waals surface area contributed by atoms with Gasteiger partial charge in [0, 0.05) is 6.07 Å². The first-order chi connectivity index (χ1) is 14.4. The third-order valence-electron chi connectivity index (χ3n) is 5.56. The molecule has 1 aromatic carbocycles. The molecule has 0 amide bonds. The first-order valence-electron chi connectivity index (χ1n) is 11.2. The average Bonchev–Trinajstić information content (AvgIpc) is 2.75. The van der Waals surface area contributed by atoms with E-state index in [4.69, 9.17) is 25.8 Å². The molecule has 1 aromatic rings. The minimum absolute atomic E-state index is 0.199. The minimum Gasteiger partial charge on any atom is -0.497 e. The zero-order valence-electron chi connectivity index (χ0n) is 18.9. The minimum atomic E-state index is -1.33. The predicted molar refractivity (Wildman–Crippen MR) is 120 cm³/mol. The van der Waals surface area contributed by atoms with Crippen molar-refractivity contribution in [1.82, 2.24) is 0 Å². The maximum Gasteiger partial charge on any atom is 0.328 e. The van der Waals surface area contributed by atoms with Crippen LogP contribution in [-0.4, -0.2) is 25.7 Å². The van der Waals surface area contributed by atoms with Crippen molar-refractivity contribution in [2.24, 2.45) is 5.41 Å². The van der Waals surface area contributed by atoms with E-state index in [1.54, 1.807) is 32.0 Å². The fourth-order valence-corrected chi connectivity index (χ4v) is 3.55. The van der Waals surface area contributed by atoms with E-state index in [1.807, 2.05) is 0 Å². The van der Waals surface area contributed by atoms with Gasteiger partial charge < -0.3 is 14.2 Å². The summed E-state index contributed by atoms with van der Waals surface area (Å²) < 4.78 is 16.0. The van der Waals surface area contributed by atoms with E-state index in [-0.39, 0.29) is 10.8 Å². The molecule has 0 heterocycles. The molecular weight excluding hydrogens is 404 g/mol. The van der Waals surface area contributed by atoms with Crippen LogP contribution in [0.4, 0.5) is 0 Å². The quantitative estimate of drug-likeness (QED) is 0.131. The van der Waals surface area contributed by atoms with E-state index in [1.165, 1.54) is 39.2 Å². The average molecular weight is 441 g/mol. The number of carbonyl (C=O) groups excluding carboxylic acids is 2. The van der Waals surface area contributed by atoms with Crippen molar-refractivity contribution in [3.05, 3.63) is 23.2 Å². The Morgan fingerprint density at radius 2 is 1.50 bits per heavy atom. The molecule has 5 nitrogen and oxygen atoms in total. The summed E-state index contributed by atoms with van der Waals surface area (Å²) in [5, 5.41) is 0.246. The highest BCUT2D eigenvalue weighted by Crippen LogP contribution is 2.34. The number of benzene rings is 1. The Kier molecular flexibility index (Phi) is 12.5. The van der Waals surface area contributed by atoms with Crippen LogP contribution in [-0.2, 0) is 14.3 Å². The lowest BCUT2D eigenvalue weighted by Gasteiger charge is -2.27. The van der Waals surface area contributed by atoms with Crippen molar-refractivity contribution in [2.45, 2.75) is 85.0 Å². The Labute approximate surface area is 186 Å². The first-order valence-corrected chi connectivity index (χ1v) is 11.6. The predicted octanol–water partition coefficient (Wildman–Crippen LogP) is 6.74. The van der Waals surface area contributed by atoms with Crippen LogP contribution in [0.3, 0.4) is 0 Å². The van der Waals surface area contributed by atoms with Crippen LogP contribution >= 0.6 is 11.6 Å². The molecule has 0 saturated heterocycles. The van der Waals surface area contributed by atoms with E-state index in [9.17, 15) is 9.59 Å². The molecule has 0 N–H and O–H groups in total. The summed E-state index contributed by atoms with van der Waals surface area (Å²) in [7, 11) is 1.53. The van der Waals surface area contributed by atoms with Gasteiger partial charge in [-0.25, -0.2) is 0 Å².